The van der Waals surface area contributed by atoms with Gasteiger partial charge in [-0.25, -0.2) is 9.78 Å². The van der Waals surface area contributed by atoms with Crippen molar-refractivity contribution in [2.45, 2.75) is 18.9 Å². The van der Waals surface area contributed by atoms with Crippen LogP contribution in [0.25, 0.3) is 0 Å². The van der Waals surface area contributed by atoms with Gasteiger partial charge in [0.15, 0.2) is 5.69 Å². The third-order valence-corrected chi connectivity index (χ3v) is 3.68. The summed E-state index contributed by atoms with van der Waals surface area (Å²) in [7, 11) is 0. The zero-order chi connectivity index (χ0) is 13.9. The summed E-state index contributed by atoms with van der Waals surface area (Å²) < 4.78 is 0. The van der Waals surface area contributed by atoms with Gasteiger partial charge in [0.25, 0.3) is 0 Å². The van der Waals surface area contributed by atoms with Gasteiger partial charge in [0.05, 0.1) is 6.04 Å². The summed E-state index contributed by atoms with van der Waals surface area (Å²) in [5.74, 6) is -0.237. The number of carboxylic acid groups (broad SMARTS) is 1. The minimum absolute atomic E-state index is 0.0983. The average molecular weight is 268 g/mol. The van der Waals surface area contributed by atoms with E-state index in [1.54, 1.807) is 6.07 Å². The van der Waals surface area contributed by atoms with Crippen LogP contribution >= 0.6 is 0 Å². The summed E-state index contributed by atoms with van der Waals surface area (Å²) in [6.07, 6.45) is 2.17. The second-order valence-electron chi connectivity index (χ2n) is 4.95. The van der Waals surface area contributed by atoms with Crippen molar-refractivity contribution in [1.29, 1.82) is 0 Å². The summed E-state index contributed by atoms with van der Waals surface area (Å²) in [5, 5.41) is 9.05. The third kappa shape index (κ3) is 2.37. The molecule has 4 nitrogen and oxygen atoms in total. The van der Waals surface area contributed by atoms with Crippen LogP contribution in [-0.4, -0.2) is 22.6 Å². The van der Waals surface area contributed by atoms with Crippen LogP contribution < -0.4 is 4.90 Å². The Morgan fingerprint density at radius 3 is 2.70 bits per heavy atom. The Bertz CT molecular complexity index is 613. The van der Waals surface area contributed by atoms with Crippen molar-refractivity contribution in [2.24, 2.45) is 0 Å². The van der Waals surface area contributed by atoms with Gasteiger partial charge < -0.3 is 10.0 Å². The minimum Gasteiger partial charge on any atom is -0.477 e. The minimum atomic E-state index is -0.984. The number of nitrogens with zero attached hydrogens (tertiary/aromatic N) is 2. The predicted octanol–water partition coefficient (Wildman–Crippen LogP) is 3.12. The van der Waals surface area contributed by atoms with Crippen LogP contribution in [0, 0.1) is 0 Å². The lowest BCUT2D eigenvalue weighted by molar-refractivity contribution is 0.0690. The van der Waals surface area contributed by atoms with Crippen molar-refractivity contribution in [3.05, 3.63) is 59.8 Å². The van der Waals surface area contributed by atoms with Gasteiger partial charge in [0.1, 0.15) is 5.82 Å². The first-order valence-electron chi connectivity index (χ1n) is 6.77. The highest BCUT2D eigenvalue weighted by Gasteiger charge is 2.27. The van der Waals surface area contributed by atoms with E-state index in [4.69, 9.17) is 5.11 Å². The first-order valence-corrected chi connectivity index (χ1v) is 6.77. The van der Waals surface area contributed by atoms with E-state index >= 15 is 0 Å². The Labute approximate surface area is 117 Å². The summed E-state index contributed by atoms with van der Waals surface area (Å²) in [6.45, 7) is 0.912. The van der Waals surface area contributed by atoms with Gasteiger partial charge in [-0.2, -0.15) is 0 Å². The molecule has 1 atom stereocenters. The fraction of sp³-hybridized carbons (Fsp3) is 0.250. The number of carboxylic acids is 1. The smallest absolute Gasteiger partial charge is 0.354 e. The number of hydrogen-bond acceptors (Lipinski definition) is 3. The molecule has 0 saturated carbocycles. The molecule has 1 aromatic heterocycles. The first kappa shape index (κ1) is 12.7. The molecular formula is C16H16N2O2. The number of rotatable bonds is 3. The lowest BCUT2D eigenvalue weighted by Crippen LogP contribution is -2.24. The van der Waals surface area contributed by atoms with E-state index in [-0.39, 0.29) is 11.7 Å². The molecule has 1 fully saturated rings. The molecule has 2 heterocycles. The molecule has 2 aromatic rings. The van der Waals surface area contributed by atoms with E-state index in [0.29, 0.717) is 0 Å². The summed E-state index contributed by atoms with van der Waals surface area (Å²) in [6, 6.07) is 15.8. The maximum Gasteiger partial charge on any atom is 0.354 e. The second-order valence-corrected chi connectivity index (χ2v) is 4.95. The zero-order valence-electron chi connectivity index (χ0n) is 11.1. The molecule has 0 spiro atoms. The SMILES string of the molecule is O=C(O)c1cccc(N2CCCC2c2ccccc2)n1. The van der Waals surface area contributed by atoms with Crippen LogP contribution in [0.4, 0.5) is 5.82 Å². The molecule has 0 amide bonds. The topological polar surface area (TPSA) is 53.4 Å². The molecule has 102 valence electrons. The highest BCUT2D eigenvalue weighted by molar-refractivity contribution is 5.85. The standard InChI is InChI=1S/C16H16N2O2/c19-16(20)13-8-4-10-15(17-13)18-11-5-9-14(18)12-6-2-1-3-7-12/h1-4,6-8,10,14H,5,9,11H2,(H,19,20). The van der Waals surface area contributed by atoms with E-state index in [1.807, 2.05) is 24.3 Å². The number of anilines is 1. The highest BCUT2D eigenvalue weighted by atomic mass is 16.4. The molecular weight excluding hydrogens is 252 g/mol. The van der Waals surface area contributed by atoms with Crippen LogP contribution in [0.3, 0.4) is 0 Å². The third-order valence-electron chi connectivity index (χ3n) is 3.68. The maximum absolute atomic E-state index is 11.0. The van der Waals surface area contributed by atoms with Crippen molar-refractivity contribution < 1.29 is 9.90 Å². The molecule has 1 N–H and O–H groups in total. The van der Waals surface area contributed by atoms with E-state index in [9.17, 15) is 4.79 Å². The molecule has 1 aliphatic heterocycles. The number of aromatic carboxylic acids is 1. The predicted molar refractivity (Wildman–Crippen MR) is 77.0 cm³/mol. The molecule has 20 heavy (non-hydrogen) atoms. The maximum atomic E-state index is 11.0. The lowest BCUT2D eigenvalue weighted by Gasteiger charge is -2.26. The van der Waals surface area contributed by atoms with Crippen molar-refractivity contribution in [1.82, 2.24) is 4.98 Å². The molecule has 1 saturated heterocycles. The molecule has 0 bridgehead atoms. The van der Waals surface area contributed by atoms with Gasteiger partial charge in [-0.3, -0.25) is 0 Å². The molecule has 3 rings (SSSR count). The van der Waals surface area contributed by atoms with Gasteiger partial charge in [-0.1, -0.05) is 36.4 Å². The van der Waals surface area contributed by atoms with E-state index in [2.05, 4.69) is 22.0 Å². The van der Waals surface area contributed by atoms with Crippen molar-refractivity contribution in [3.8, 4) is 0 Å². The van der Waals surface area contributed by atoms with Crippen molar-refractivity contribution >= 4 is 11.8 Å². The Morgan fingerprint density at radius 1 is 1.15 bits per heavy atom. The Balaban J connectivity index is 1.93. The van der Waals surface area contributed by atoms with Gasteiger partial charge in [-0.05, 0) is 30.5 Å². The Kier molecular flexibility index (Phi) is 3.37. The molecule has 1 aliphatic rings. The van der Waals surface area contributed by atoms with Gasteiger partial charge in [0, 0.05) is 6.54 Å². The van der Waals surface area contributed by atoms with Crippen LogP contribution in [0.5, 0.6) is 0 Å². The largest absolute Gasteiger partial charge is 0.477 e. The van der Waals surface area contributed by atoms with Gasteiger partial charge in [-0.15, -0.1) is 0 Å². The van der Waals surface area contributed by atoms with Crippen LogP contribution in [0.15, 0.2) is 48.5 Å². The summed E-state index contributed by atoms with van der Waals surface area (Å²) >= 11 is 0. The number of benzene rings is 1. The van der Waals surface area contributed by atoms with Crippen molar-refractivity contribution in [3.63, 3.8) is 0 Å². The molecule has 0 radical (unpaired) electrons. The van der Waals surface area contributed by atoms with Crippen LogP contribution in [-0.2, 0) is 0 Å². The van der Waals surface area contributed by atoms with Gasteiger partial charge >= 0.3 is 5.97 Å². The highest BCUT2D eigenvalue weighted by Crippen LogP contribution is 2.34. The monoisotopic (exact) mass is 268 g/mol. The fourth-order valence-corrected chi connectivity index (χ4v) is 2.77. The molecule has 4 heteroatoms. The lowest BCUT2D eigenvalue weighted by atomic mass is 10.0. The Hall–Kier alpha value is -2.36. The molecule has 1 aromatic carbocycles. The normalized spacial score (nSPS) is 18.2. The fourth-order valence-electron chi connectivity index (χ4n) is 2.77. The average Bonchev–Trinajstić information content (AvgIpc) is 2.98. The Morgan fingerprint density at radius 2 is 1.95 bits per heavy atom. The number of hydrogen-bond donors (Lipinski definition) is 1. The number of pyridine rings is 1. The molecule has 0 aliphatic carbocycles. The van der Waals surface area contributed by atoms with Crippen LogP contribution in [0.1, 0.15) is 34.9 Å². The number of carbonyl (C=O) groups is 1. The van der Waals surface area contributed by atoms with Gasteiger partial charge in [0.2, 0.25) is 0 Å². The van der Waals surface area contributed by atoms with Crippen LogP contribution in [0.2, 0.25) is 0 Å². The summed E-state index contributed by atoms with van der Waals surface area (Å²) in [4.78, 5) is 17.5. The number of aromatic nitrogens is 1. The summed E-state index contributed by atoms with van der Waals surface area (Å²) in [5.41, 5.74) is 1.36. The van der Waals surface area contributed by atoms with Crippen molar-refractivity contribution in [2.75, 3.05) is 11.4 Å². The quantitative estimate of drug-likeness (QED) is 0.929. The molecule has 1 unspecified atom stereocenters. The van der Waals surface area contributed by atoms with E-state index in [0.717, 1.165) is 25.2 Å². The second kappa shape index (κ2) is 5.33. The zero-order valence-corrected chi connectivity index (χ0v) is 11.1. The first-order chi connectivity index (χ1) is 9.75. The van der Waals surface area contributed by atoms with E-state index < -0.39 is 5.97 Å². The van der Waals surface area contributed by atoms with E-state index in [1.165, 1.54) is 11.6 Å².